The molecule has 3 fully saturated rings. The molecule has 2 bridgehead atoms. The van der Waals surface area contributed by atoms with Gasteiger partial charge in [-0.3, -0.25) is 4.90 Å². The maximum atomic E-state index is 6.19. The summed E-state index contributed by atoms with van der Waals surface area (Å²) in [6.07, 6.45) is 4.57. The summed E-state index contributed by atoms with van der Waals surface area (Å²) < 4.78 is 6.19. The smallest absolute Gasteiger partial charge is 0.143 e. The van der Waals surface area contributed by atoms with E-state index in [2.05, 4.69) is 59.6 Å². The highest BCUT2D eigenvalue weighted by atomic mass is 16.3. The zero-order valence-corrected chi connectivity index (χ0v) is 16.6. The molecule has 4 aromatic rings. The topological polar surface area (TPSA) is 41.3 Å². The molecule has 146 valence electrons. The van der Waals surface area contributed by atoms with Gasteiger partial charge in [-0.1, -0.05) is 36.4 Å². The first-order valence-electron chi connectivity index (χ1n) is 10.7. The number of fused-ring (bicyclic) bond motifs is 6. The number of nitrogens with one attached hydrogen (secondary N) is 1. The summed E-state index contributed by atoms with van der Waals surface area (Å²) in [6, 6.07) is 19.9. The normalized spacial score (nSPS) is 26.2. The minimum Gasteiger partial charge on any atom is -0.455 e. The summed E-state index contributed by atoms with van der Waals surface area (Å²) >= 11 is 0. The average Bonchev–Trinajstić information content (AvgIpc) is 3.16. The molecule has 0 spiro atoms. The molecule has 3 saturated heterocycles. The zero-order valence-electron chi connectivity index (χ0n) is 16.6. The SMILES string of the molecule is C[C@@H]1[C@H](Nc2ccc(-c3cccc4c3oc3ccccc34)cn2)C2CCN1CC2. The average molecular weight is 383 g/mol. The van der Waals surface area contributed by atoms with Gasteiger partial charge < -0.3 is 9.73 Å². The third kappa shape index (κ3) is 2.74. The lowest BCUT2D eigenvalue weighted by molar-refractivity contribution is 0.0457. The molecular weight excluding hydrogens is 358 g/mol. The molecule has 5 heterocycles. The van der Waals surface area contributed by atoms with Crippen LogP contribution < -0.4 is 5.32 Å². The van der Waals surface area contributed by atoms with Gasteiger partial charge in [0.15, 0.2) is 0 Å². The van der Waals surface area contributed by atoms with Crippen molar-refractivity contribution < 1.29 is 4.42 Å². The first-order valence-corrected chi connectivity index (χ1v) is 10.7. The van der Waals surface area contributed by atoms with Gasteiger partial charge in [0.25, 0.3) is 0 Å². The van der Waals surface area contributed by atoms with Gasteiger partial charge in [0.1, 0.15) is 17.0 Å². The number of rotatable bonds is 3. The third-order valence-corrected chi connectivity index (χ3v) is 6.97. The molecule has 0 amide bonds. The summed E-state index contributed by atoms with van der Waals surface area (Å²) in [5, 5.41) is 6.04. The fourth-order valence-electron chi connectivity index (χ4n) is 5.33. The molecule has 2 atom stereocenters. The predicted octanol–water partition coefficient (Wildman–Crippen LogP) is 5.54. The highest BCUT2D eigenvalue weighted by Crippen LogP contribution is 2.36. The first kappa shape index (κ1) is 17.0. The number of para-hydroxylation sites is 2. The van der Waals surface area contributed by atoms with Crippen molar-refractivity contribution in [1.82, 2.24) is 9.88 Å². The van der Waals surface area contributed by atoms with E-state index in [1.54, 1.807) is 0 Å². The molecule has 3 aliphatic rings. The maximum Gasteiger partial charge on any atom is 0.143 e. The highest BCUT2D eigenvalue weighted by Gasteiger charge is 2.39. The van der Waals surface area contributed by atoms with Crippen molar-refractivity contribution in [2.45, 2.75) is 31.8 Å². The van der Waals surface area contributed by atoms with Crippen LogP contribution >= 0.6 is 0 Å². The Hall–Kier alpha value is -2.85. The van der Waals surface area contributed by atoms with Gasteiger partial charge in [-0.15, -0.1) is 0 Å². The standard InChI is InChI=1S/C25H25N3O/c1-16-24(17-11-13-28(16)14-12-17)27-23-10-9-18(15-26-23)19-6-4-7-21-20-5-2-3-8-22(20)29-25(19)21/h2-10,15-17,24H,11-14H2,1H3,(H,26,27)/t16-,24+/m1/s1. The fraction of sp³-hybridized carbons (Fsp3) is 0.320. The largest absolute Gasteiger partial charge is 0.455 e. The predicted molar refractivity (Wildman–Crippen MR) is 118 cm³/mol. The van der Waals surface area contributed by atoms with Crippen molar-refractivity contribution in [2.75, 3.05) is 18.4 Å². The molecule has 0 aliphatic carbocycles. The zero-order chi connectivity index (χ0) is 19.4. The molecule has 2 aromatic heterocycles. The van der Waals surface area contributed by atoms with Crippen molar-refractivity contribution >= 4 is 27.8 Å². The van der Waals surface area contributed by atoms with E-state index in [0.29, 0.717) is 12.1 Å². The Kier molecular flexibility index (Phi) is 3.88. The quantitative estimate of drug-likeness (QED) is 0.504. The van der Waals surface area contributed by atoms with Gasteiger partial charge in [-0.25, -0.2) is 4.98 Å². The lowest BCUT2D eigenvalue weighted by Gasteiger charge is -2.50. The molecular formula is C25H25N3O. The van der Waals surface area contributed by atoms with Crippen LogP contribution in [0.3, 0.4) is 0 Å². The minimum absolute atomic E-state index is 0.495. The second-order valence-electron chi connectivity index (χ2n) is 8.50. The van der Waals surface area contributed by atoms with Crippen LogP contribution in [0.15, 0.2) is 65.2 Å². The summed E-state index contributed by atoms with van der Waals surface area (Å²) in [5.41, 5.74) is 4.04. The van der Waals surface area contributed by atoms with E-state index in [1.807, 2.05) is 18.3 Å². The molecule has 4 nitrogen and oxygen atoms in total. The molecule has 1 N–H and O–H groups in total. The van der Waals surface area contributed by atoms with Gasteiger partial charge in [0.05, 0.1) is 0 Å². The van der Waals surface area contributed by atoms with Crippen molar-refractivity contribution in [2.24, 2.45) is 5.92 Å². The van der Waals surface area contributed by atoms with Crippen LogP contribution in [-0.2, 0) is 0 Å². The number of hydrogen-bond acceptors (Lipinski definition) is 4. The van der Waals surface area contributed by atoms with Gasteiger partial charge in [0, 0.05) is 40.2 Å². The van der Waals surface area contributed by atoms with Crippen LogP contribution in [0, 0.1) is 5.92 Å². The molecule has 0 unspecified atom stereocenters. The van der Waals surface area contributed by atoms with Crippen molar-refractivity contribution in [3.63, 3.8) is 0 Å². The van der Waals surface area contributed by atoms with Gasteiger partial charge in [-0.05, 0) is 57.0 Å². The van der Waals surface area contributed by atoms with Crippen LogP contribution in [0.4, 0.5) is 5.82 Å². The van der Waals surface area contributed by atoms with Crippen LogP contribution in [0.2, 0.25) is 0 Å². The summed E-state index contributed by atoms with van der Waals surface area (Å²) in [5.74, 6) is 1.73. The third-order valence-electron chi connectivity index (χ3n) is 6.97. The van der Waals surface area contributed by atoms with Gasteiger partial charge >= 0.3 is 0 Å². The molecule has 0 radical (unpaired) electrons. The number of nitrogens with zero attached hydrogens (tertiary/aromatic N) is 2. The Balaban J connectivity index is 1.32. The number of benzene rings is 2. The summed E-state index contributed by atoms with van der Waals surface area (Å²) in [6.45, 7) is 4.84. The van der Waals surface area contributed by atoms with Crippen LogP contribution in [0.5, 0.6) is 0 Å². The van der Waals surface area contributed by atoms with Crippen molar-refractivity contribution in [3.05, 3.63) is 60.8 Å². The van der Waals surface area contributed by atoms with Crippen LogP contribution in [-0.4, -0.2) is 35.1 Å². The molecule has 29 heavy (non-hydrogen) atoms. The molecule has 4 heteroatoms. The van der Waals surface area contributed by atoms with Gasteiger partial charge in [-0.2, -0.15) is 0 Å². The molecule has 0 saturated carbocycles. The van der Waals surface area contributed by atoms with E-state index in [-0.39, 0.29) is 0 Å². The molecule has 3 aliphatic heterocycles. The van der Waals surface area contributed by atoms with E-state index in [9.17, 15) is 0 Å². The Labute approximate surface area is 170 Å². The fourth-order valence-corrected chi connectivity index (χ4v) is 5.33. The maximum absolute atomic E-state index is 6.19. The second-order valence-corrected chi connectivity index (χ2v) is 8.50. The summed E-state index contributed by atoms with van der Waals surface area (Å²) in [4.78, 5) is 7.36. The Morgan fingerprint density at radius 3 is 2.59 bits per heavy atom. The lowest BCUT2D eigenvalue weighted by atomic mass is 9.79. The second kappa shape index (κ2) is 6.60. The number of anilines is 1. The molecule has 7 rings (SSSR count). The van der Waals surface area contributed by atoms with Gasteiger partial charge in [0.2, 0.25) is 0 Å². The number of piperidine rings is 3. The number of aromatic nitrogens is 1. The number of pyridine rings is 1. The van der Waals surface area contributed by atoms with E-state index in [4.69, 9.17) is 9.40 Å². The van der Waals surface area contributed by atoms with E-state index in [1.165, 1.54) is 25.9 Å². The summed E-state index contributed by atoms with van der Waals surface area (Å²) in [7, 11) is 0. The van der Waals surface area contributed by atoms with Crippen molar-refractivity contribution in [1.29, 1.82) is 0 Å². The number of furan rings is 1. The highest BCUT2D eigenvalue weighted by molar-refractivity contribution is 6.09. The van der Waals surface area contributed by atoms with E-state index >= 15 is 0 Å². The van der Waals surface area contributed by atoms with E-state index in [0.717, 1.165) is 44.8 Å². The molecule has 2 aromatic carbocycles. The van der Waals surface area contributed by atoms with Crippen molar-refractivity contribution in [3.8, 4) is 11.1 Å². The Morgan fingerprint density at radius 1 is 0.966 bits per heavy atom. The number of hydrogen-bond donors (Lipinski definition) is 1. The van der Waals surface area contributed by atoms with E-state index < -0.39 is 0 Å². The lowest BCUT2D eigenvalue weighted by Crippen LogP contribution is -2.59. The Bertz CT molecular complexity index is 1170. The van der Waals surface area contributed by atoms with Crippen LogP contribution in [0.1, 0.15) is 19.8 Å². The minimum atomic E-state index is 0.495. The Morgan fingerprint density at radius 2 is 1.79 bits per heavy atom. The van der Waals surface area contributed by atoms with Crippen LogP contribution in [0.25, 0.3) is 33.1 Å². The monoisotopic (exact) mass is 383 g/mol. The first-order chi connectivity index (χ1) is 14.3.